The van der Waals surface area contributed by atoms with Gasteiger partial charge >= 0.3 is 0 Å². The Kier molecular flexibility index (Phi) is 5.75. The lowest BCUT2D eigenvalue weighted by Gasteiger charge is -2.12. The Labute approximate surface area is 158 Å². The van der Waals surface area contributed by atoms with Crippen LogP contribution >= 0.6 is 23.1 Å². The zero-order chi connectivity index (χ0) is 18.5. The number of amides is 3. The van der Waals surface area contributed by atoms with Crippen molar-refractivity contribution in [2.75, 3.05) is 18.5 Å². The van der Waals surface area contributed by atoms with E-state index in [2.05, 4.69) is 5.32 Å². The molecule has 2 aromatic rings. The quantitative estimate of drug-likeness (QED) is 0.762. The van der Waals surface area contributed by atoms with Crippen LogP contribution in [0.15, 0.2) is 46.7 Å². The van der Waals surface area contributed by atoms with Crippen LogP contribution in [0.25, 0.3) is 6.08 Å². The van der Waals surface area contributed by atoms with Crippen molar-refractivity contribution in [2.45, 2.75) is 6.92 Å². The fourth-order valence-electron chi connectivity index (χ4n) is 2.28. The molecule has 1 aliphatic rings. The number of benzene rings is 1. The number of nitrogens with one attached hydrogen (secondary N) is 1. The highest BCUT2D eigenvalue weighted by atomic mass is 32.2. The largest absolute Gasteiger partial charge is 0.494 e. The standard InChI is InChI=1S/C18H16N2O4S2/c1-2-24-13-7-5-12(6-8-13)19-16(21)11-20-17(22)15(26-18(20)23)10-14-4-3-9-25-14/h3-10H,2,11H2,1H3,(H,19,21)/b15-10+. The first-order chi connectivity index (χ1) is 12.6. The van der Waals surface area contributed by atoms with Crippen molar-refractivity contribution >= 4 is 51.9 Å². The van der Waals surface area contributed by atoms with Crippen LogP contribution in [0.1, 0.15) is 11.8 Å². The normalized spacial score (nSPS) is 15.6. The molecule has 2 heterocycles. The maximum Gasteiger partial charge on any atom is 0.294 e. The van der Waals surface area contributed by atoms with Crippen molar-refractivity contribution in [1.29, 1.82) is 0 Å². The van der Waals surface area contributed by atoms with E-state index in [9.17, 15) is 14.4 Å². The Balaban J connectivity index is 1.62. The number of thioether (sulfide) groups is 1. The summed E-state index contributed by atoms with van der Waals surface area (Å²) in [7, 11) is 0. The maximum absolute atomic E-state index is 12.4. The molecule has 1 N–H and O–H groups in total. The summed E-state index contributed by atoms with van der Waals surface area (Å²) in [4.78, 5) is 38.8. The minimum absolute atomic E-state index is 0.320. The monoisotopic (exact) mass is 388 g/mol. The van der Waals surface area contributed by atoms with Crippen molar-refractivity contribution < 1.29 is 19.1 Å². The summed E-state index contributed by atoms with van der Waals surface area (Å²) in [5.41, 5.74) is 0.569. The molecule has 26 heavy (non-hydrogen) atoms. The van der Waals surface area contributed by atoms with Crippen LogP contribution in [-0.4, -0.2) is 35.1 Å². The van der Waals surface area contributed by atoms with E-state index in [1.807, 2.05) is 24.4 Å². The minimum atomic E-state index is -0.449. The number of anilines is 1. The first-order valence-corrected chi connectivity index (χ1v) is 9.58. The highest BCUT2D eigenvalue weighted by Gasteiger charge is 2.36. The van der Waals surface area contributed by atoms with E-state index in [4.69, 9.17) is 4.74 Å². The van der Waals surface area contributed by atoms with Crippen LogP contribution in [-0.2, 0) is 9.59 Å². The molecule has 0 radical (unpaired) electrons. The third-order valence-corrected chi connectivity index (χ3v) is 5.17. The Morgan fingerprint density at radius 3 is 2.65 bits per heavy atom. The zero-order valence-electron chi connectivity index (χ0n) is 13.9. The number of thiophene rings is 1. The average Bonchev–Trinajstić information content (AvgIpc) is 3.21. The van der Waals surface area contributed by atoms with Gasteiger partial charge in [-0.2, -0.15) is 0 Å². The second kappa shape index (κ2) is 8.20. The lowest BCUT2D eigenvalue weighted by Crippen LogP contribution is -2.36. The molecule has 0 unspecified atom stereocenters. The molecule has 1 aromatic carbocycles. The molecule has 3 rings (SSSR count). The van der Waals surface area contributed by atoms with Gasteiger partial charge in [-0.1, -0.05) is 6.07 Å². The molecule has 0 spiro atoms. The summed E-state index contributed by atoms with van der Waals surface area (Å²) < 4.78 is 5.34. The summed E-state index contributed by atoms with van der Waals surface area (Å²) in [6.07, 6.45) is 1.67. The van der Waals surface area contributed by atoms with E-state index >= 15 is 0 Å². The van der Waals surface area contributed by atoms with E-state index < -0.39 is 17.1 Å². The van der Waals surface area contributed by atoms with Crippen LogP contribution in [0.2, 0.25) is 0 Å². The molecule has 0 saturated carbocycles. The Bertz CT molecular complexity index is 845. The molecule has 134 valence electrons. The summed E-state index contributed by atoms with van der Waals surface area (Å²) >= 11 is 2.32. The zero-order valence-corrected chi connectivity index (χ0v) is 15.6. The van der Waals surface area contributed by atoms with Gasteiger partial charge in [-0.25, -0.2) is 0 Å². The molecule has 1 fully saturated rings. The second-order valence-electron chi connectivity index (χ2n) is 5.29. The van der Waals surface area contributed by atoms with E-state index in [-0.39, 0.29) is 6.54 Å². The van der Waals surface area contributed by atoms with E-state index in [0.717, 1.165) is 21.5 Å². The first kappa shape index (κ1) is 18.2. The van der Waals surface area contributed by atoms with Gasteiger partial charge in [-0.05, 0) is 60.5 Å². The fourth-order valence-corrected chi connectivity index (χ4v) is 3.85. The number of hydrogen-bond acceptors (Lipinski definition) is 6. The Morgan fingerprint density at radius 2 is 2.00 bits per heavy atom. The predicted molar refractivity (Wildman–Crippen MR) is 103 cm³/mol. The molecule has 3 amide bonds. The highest BCUT2D eigenvalue weighted by molar-refractivity contribution is 8.18. The van der Waals surface area contributed by atoms with Crippen LogP contribution in [0.3, 0.4) is 0 Å². The van der Waals surface area contributed by atoms with Crippen molar-refractivity contribution in [3.63, 3.8) is 0 Å². The molecular formula is C18H16N2O4S2. The summed E-state index contributed by atoms with van der Waals surface area (Å²) in [5.74, 6) is -0.181. The van der Waals surface area contributed by atoms with Gasteiger partial charge in [-0.15, -0.1) is 11.3 Å². The fraction of sp³-hybridized carbons (Fsp3) is 0.167. The van der Waals surface area contributed by atoms with Gasteiger partial charge in [0.25, 0.3) is 11.1 Å². The molecule has 1 saturated heterocycles. The average molecular weight is 388 g/mol. The maximum atomic E-state index is 12.4. The molecule has 1 aliphatic heterocycles. The number of carbonyl (C=O) groups excluding carboxylic acids is 3. The van der Waals surface area contributed by atoms with E-state index in [1.54, 1.807) is 30.3 Å². The van der Waals surface area contributed by atoms with Gasteiger partial charge in [0.2, 0.25) is 5.91 Å². The van der Waals surface area contributed by atoms with Crippen LogP contribution in [0.4, 0.5) is 10.5 Å². The molecule has 8 heteroatoms. The van der Waals surface area contributed by atoms with Crippen molar-refractivity contribution in [2.24, 2.45) is 0 Å². The van der Waals surface area contributed by atoms with Crippen LogP contribution in [0, 0.1) is 0 Å². The van der Waals surface area contributed by atoms with Crippen molar-refractivity contribution in [1.82, 2.24) is 4.90 Å². The minimum Gasteiger partial charge on any atom is -0.494 e. The van der Waals surface area contributed by atoms with Gasteiger partial charge in [0.05, 0.1) is 11.5 Å². The third kappa shape index (κ3) is 4.33. The predicted octanol–water partition coefficient (Wildman–Crippen LogP) is 3.82. The molecule has 0 aliphatic carbocycles. The lowest BCUT2D eigenvalue weighted by molar-refractivity contribution is -0.127. The number of rotatable bonds is 6. The van der Waals surface area contributed by atoms with Crippen LogP contribution in [0.5, 0.6) is 5.75 Å². The second-order valence-corrected chi connectivity index (χ2v) is 7.26. The highest BCUT2D eigenvalue weighted by Crippen LogP contribution is 2.32. The molecule has 0 atom stereocenters. The SMILES string of the molecule is CCOc1ccc(NC(=O)CN2C(=O)S/C(=C/c3cccs3)C2=O)cc1. The van der Waals surface area contributed by atoms with Crippen LogP contribution < -0.4 is 10.1 Å². The van der Waals surface area contributed by atoms with Crippen molar-refractivity contribution in [3.05, 3.63) is 51.6 Å². The number of nitrogens with zero attached hydrogens (tertiary/aromatic N) is 1. The number of ether oxygens (including phenoxy) is 1. The third-order valence-electron chi connectivity index (χ3n) is 3.44. The Morgan fingerprint density at radius 1 is 1.23 bits per heavy atom. The molecular weight excluding hydrogens is 372 g/mol. The van der Waals surface area contributed by atoms with Crippen molar-refractivity contribution in [3.8, 4) is 5.75 Å². The number of carbonyl (C=O) groups is 3. The van der Waals surface area contributed by atoms with Gasteiger partial charge in [0.15, 0.2) is 0 Å². The van der Waals surface area contributed by atoms with Gasteiger partial charge in [0.1, 0.15) is 12.3 Å². The van der Waals surface area contributed by atoms with Gasteiger partial charge in [0, 0.05) is 10.6 Å². The Hall–Kier alpha value is -2.58. The molecule has 6 nitrogen and oxygen atoms in total. The van der Waals surface area contributed by atoms with E-state index in [1.165, 1.54) is 11.3 Å². The molecule has 0 bridgehead atoms. The summed E-state index contributed by atoms with van der Waals surface area (Å²) in [5, 5.41) is 4.12. The topological polar surface area (TPSA) is 75.7 Å². The summed E-state index contributed by atoms with van der Waals surface area (Å²) in [6, 6.07) is 10.6. The first-order valence-electron chi connectivity index (χ1n) is 7.88. The summed E-state index contributed by atoms with van der Waals surface area (Å²) in [6.45, 7) is 2.13. The van der Waals surface area contributed by atoms with Gasteiger partial charge < -0.3 is 10.1 Å². The van der Waals surface area contributed by atoms with E-state index in [0.29, 0.717) is 22.9 Å². The smallest absolute Gasteiger partial charge is 0.294 e. The number of imide groups is 1. The number of hydrogen-bond donors (Lipinski definition) is 1. The lowest BCUT2D eigenvalue weighted by atomic mass is 10.3. The van der Waals surface area contributed by atoms with Gasteiger partial charge in [-0.3, -0.25) is 19.3 Å². The molecule has 1 aromatic heterocycles.